The van der Waals surface area contributed by atoms with Crippen LogP contribution in [-0.4, -0.2) is 14.8 Å². The first-order chi connectivity index (χ1) is 7.52. The lowest BCUT2D eigenvalue weighted by atomic mass is 10.1. The van der Waals surface area contributed by atoms with E-state index >= 15 is 0 Å². The molecule has 0 spiro atoms. The maximum absolute atomic E-state index is 4.61. The first-order valence-electron chi connectivity index (χ1n) is 6.01. The molecule has 1 atom stereocenters. The molecule has 0 N–H and O–H groups in total. The van der Waals surface area contributed by atoms with E-state index in [4.69, 9.17) is 0 Å². The van der Waals surface area contributed by atoms with E-state index in [0.717, 1.165) is 23.6 Å². The van der Waals surface area contributed by atoms with Gasteiger partial charge in [0, 0.05) is 28.6 Å². The van der Waals surface area contributed by atoms with Crippen LogP contribution in [0, 0.1) is 6.92 Å². The third-order valence-corrected chi connectivity index (χ3v) is 3.26. The van der Waals surface area contributed by atoms with Crippen LogP contribution in [0.5, 0.6) is 0 Å². The predicted octanol–water partition coefficient (Wildman–Crippen LogP) is 4.01. The summed E-state index contributed by atoms with van der Waals surface area (Å²) in [7, 11) is 0. The van der Waals surface area contributed by atoms with Gasteiger partial charge < -0.3 is 0 Å². The Morgan fingerprint density at radius 3 is 2.56 bits per heavy atom. The smallest absolute Gasteiger partial charge is 0.131 e. The Morgan fingerprint density at radius 1 is 1.31 bits per heavy atom. The van der Waals surface area contributed by atoms with Crippen LogP contribution < -0.4 is 0 Å². The van der Waals surface area contributed by atoms with Crippen LogP contribution in [0.4, 0.5) is 0 Å². The lowest BCUT2D eigenvalue weighted by Gasteiger charge is -2.11. The van der Waals surface area contributed by atoms with Crippen molar-refractivity contribution in [2.75, 3.05) is 0 Å². The molecular formula is C13H21BrN2. The van der Waals surface area contributed by atoms with Gasteiger partial charge in [0.2, 0.25) is 0 Å². The van der Waals surface area contributed by atoms with Crippen LogP contribution in [0.15, 0.2) is 6.07 Å². The highest BCUT2D eigenvalue weighted by Crippen LogP contribution is 2.16. The summed E-state index contributed by atoms with van der Waals surface area (Å²) in [5, 5.41) is 0. The molecule has 0 saturated heterocycles. The van der Waals surface area contributed by atoms with Crippen molar-refractivity contribution in [2.45, 2.75) is 57.7 Å². The van der Waals surface area contributed by atoms with Crippen LogP contribution in [0.25, 0.3) is 0 Å². The second kappa shape index (κ2) is 6.33. The molecule has 1 unspecified atom stereocenters. The number of alkyl halides is 1. The zero-order valence-corrected chi connectivity index (χ0v) is 12.2. The molecule has 0 amide bonds. The minimum absolute atomic E-state index is 0.401. The number of rotatable bonds is 5. The van der Waals surface area contributed by atoms with Crippen molar-refractivity contribution in [2.24, 2.45) is 0 Å². The van der Waals surface area contributed by atoms with Crippen LogP contribution in [0.1, 0.15) is 56.7 Å². The average Bonchev–Trinajstić information content (AvgIpc) is 2.16. The highest BCUT2D eigenvalue weighted by Gasteiger charge is 2.09. The van der Waals surface area contributed by atoms with Crippen LogP contribution in [-0.2, 0) is 6.42 Å². The van der Waals surface area contributed by atoms with Gasteiger partial charge in [-0.2, -0.15) is 0 Å². The molecule has 0 aliphatic heterocycles. The van der Waals surface area contributed by atoms with Crippen molar-refractivity contribution >= 4 is 15.9 Å². The zero-order chi connectivity index (χ0) is 12.1. The van der Waals surface area contributed by atoms with Gasteiger partial charge in [0.05, 0.1) is 0 Å². The van der Waals surface area contributed by atoms with Crippen LogP contribution in [0.2, 0.25) is 0 Å². The van der Waals surface area contributed by atoms with Gasteiger partial charge in [-0.05, 0) is 19.4 Å². The predicted molar refractivity (Wildman–Crippen MR) is 72.2 cm³/mol. The first-order valence-corrected chi connectivity index (χ1v) is 6.93. The zero-order valence-electron chi connectivity index (χ0n) is 10.6. The van der Waals surface area contributed by atoms with Gasteiger partial charge in [0.15, 0.2) is 0 Å². The Kier molecular flexibility index (Phi) is 5.39. The normalized spacial score (nSPS) is 13.1. The first kappa shape index (κ1) is 13.6. The number of nitrogens with zero attached hydrogens (tertiary/aromatic N) is 2. The van der Waals surface area contributed by atoms with E-state index in [0.29, 0.717) is 10.7 Å². The molecular weight excluding hydrogens is 264 g/mol. The van der Waals surface area contributed by atoms with E-state index < -0.39 is 0 Å². The maximum Gasteiger partial charge on any atom is 0.131 e. The van der Waals surface area contributed by atoms with Gasteiger partial charge in [0.1, 0.15) is 5.82 Å². The number of halogens is 1. The minimum atomic E-state index is 0.401. The third-order valence-electron chi connectivity index (χ3n) is 2.47. The van der Waals surface area contributed by atoms with Crippen molar-refractivity contribution in [3.63, 3.8) is 0 Å². The van der Waals surface area contributed by atoms with Crippen molar-refractivity contribution in [1.82, 2.24) is 9.97 Å². The summed E-state index contributed by atoms with van der Waals surface area (Å²) >= 11 is 3.70. The van der Waals surface area contributed by atoms with E-state index in [-0.39, 0.29) is 0 Å². The Hall–Kier alpha value is -0.440. The van der Waals surface area contributed by atoms with Crippen LogP contribution in [0.3, 0.4) is 0 Å². The summed E-state index contributed by atoms with van der Waals surface area (Å²) < 4.78 is 0. The van der Waals surface area contributed by atoms with Crippen molar-refractivity contribution < 1.29 is 0 Å². The molecule has 0 aliphatic rings. The Labute approximate surface area is 107 Å². The average molecular weight is 285 g/mol. The Morgan fingerprint density at radius 2 is 2.00 bits per heavy atom. The minimum Gasteiger partial charge on any atom is -0.238 e. The number of aryl methyl sites for hydroxylation is 1. The van der Waals surface area contributed by atoms with E-state index in [1.54, 1.807) is 0 Å². The molecule has 0 aromatic carbocycles. The summed E-state index contributed by atoms with van der Waals surface area (Å²) in [6, 6.07) is 2.09. The van der Waals surface area contributed by atoms with Crippen molar-refractivity contribution in [1.29, 1.82) is 0 Å². The van der Waals surface area contributed by atoms with E-state index in [9.17, 15) is 0 Å². The molecule has 0 radical (unpaired) electrons. The quantitative estimate of drug-likeness (QED) is 0.764. The standard InChI is InChI=1S/C13H21BrN2/c1-5-6-11(14)8-12-7-10(4)15-13(16-12)9(2)3/h7,9,11H,5-6,8H2,1-4H3. The van der Waals surface area contributed by atoms with Gasteiger partial charge in [-0.1, -0.05) is 43.1 Å². The maximum atomic E-state index is 4.61. The molecule has 1 aromatic heterocycles. The molecule has 2 nitrogen and oxygen atoms in total. The lowest BCUT2D eigenvalue weighted by molar-refractivity contribution is 0.706. The SMILES string of the molecule is CCCC(Br)Cc1cc(C)nc(C(C)C)n1. The molecule has 16 heavy (non-hydrogen) atoms. The number of hydrogen-bond donors (Lipinski definition) is 0. The van der Waals surface area contributed by atoms with E-state index in [2.05, 4.69) is 52.7 Å². The van der Waals surface area contributed by atoms with Gasteiger partial charge in [-0.15, -0.1) is 0 Å². The summed E-state index contributed by atoms with van der Waals surface area (Å²) in [6.45, 7) is 8.52. The largest absolute Gasteiger partial charge is 0.238 e. The summed E-state index contributed by atoms with van der Waals surface area (Å²) in [5.74, 6) is 1.37. The highest BCUT2D eigenvalue weighted by atomic mass is 79.9. The molecule has 0 bridgehead atoms. The van der Waals surface area contributed by atoms with Gasteiger partial charge in [-0.3, -0.25) is 0 Å². The molecule has 1 aromatic rings. The third kappa shape index (κ3) is 4.20. The second-order valence-corrected chi connectivity index (χ2v) is 5.90. The van der Waals surface area contributed by atoms with E-state index in [1.807, 2.05) is 6.92 Å². The second-order valence-electron chi connectivity index (χ2n) is 4.60. The molecule has 0 saturated carbocycles. The topological polar surface area (TPSA) is 25.8 Å². The highest BCUT2D eigenvalue weighted by molar-refractivity contribution is 9.09. The number of aromatic nitrogens is 2. The summed E-state index contributed by atoms with van der Waals surface area (Å²) in [6.07, 6.45) is 3.40. The molecule has 90 valence electrons. The van der Waals surface area contributed by atoms with Gasteiger partial charge in [-0.25, -0.2) is 9.97 Å². The van der Waals surface area contributed by atoms with Gasteiger partial charge in [0.25, 0.3) is 0 Å². The monoisotopic (exact) mass is 284 g/mol. The van der Waals surface area contributed by atoms with Crippen molar-refractivity contribution in [3.8, 4) is 0 Å². The van der Waals surface area contributed by atoms with Gasteiger partial charge >= 0.3 is 0 Å². The Bertz CT molecular complexity index is 337. The summed E-state index contributed by atoms with van der Waals surface area (Å²) in [4.78, 5) is 9.61. The lowest BCUT2D eigenvalue weighted by Crippen LogP contribution is -2.08. The molecule has 1 rings (SSSR count). The Balaban J connectivity index is 2.80. The van der Waals surface area contributed by atoms with Crippen LogP contribution >= 0.6 is 15.9 Å². The fourth-order valence-corrected chi connectivity index (χ4v) is 2.45. The summed E-state index contributed by atoms with van der Waals surface area (Å²) in [5.41, 5.74) is 2.23. The number of hydrogen-bond acceptors (Lipinski definition) is 2. The fourth-order valence-electron chi connectivity index (χ4n) is 1.66. The molecule has 0 fully saturated rings. The molecule has 0 aliphatic carbocycles. The molecule has 3 heteroatoms. The fraction of sp³-hybridized carbons (Fsp3) is 0.692. The van der Waals surface area contributed by atoms with E-state index in [1.165, 1.54) is 12.8 Å². The van der Waals surface area contributed by atoms with Crippen molar-refractivity contribution in [3.05, 3.63) is 23.3 Å². The molecule has 1 heterocycles.